The van der Waals surface area contributed by atoms with Gasteiger partial charge in [0.05, 0.1) is 24.3 Å². The highest BCUT2D eigenvalue weighted by molar-refractivity contribution is 14.0. The van der Waals surface area contributed by atoms with Crippen LogP contribution in [0.4, 0.5) is 0 Å². The third-order valence-corrected chi connectivity index (χ3v) is 3.64. The third kappa shape index (κ3) is 5.10. The summed E-state index contributed by atoms with van der Waals surface area (Å²) in [6.07, 6.45) is 4.04. The summed E-state index contributed by atoms with van der Waals surface area (Å²) in [7, 11) is 0. The van der Waals surface area contributed by atoms with E-state index < -0.39 is 0 Å². The van der Waals surface area contributed by atoms with Crippen LogP contribution in [0.25, 0.3) is 0 Å². The molecule has 2 heterocycles. The van der Waals surface area contributed by atoms with Gasteiger partial charge in [-0.15, -0.1) is 35.7 Å². The van der Waals surface area contributed by atoms with Crippen LogP contribution in [0.2, 0.25) is 0 Å². The molecule has 5 nitrogen and oxygen atoms in total. The van der Waals surface area contributed by atoms with Gasteiger partial charge in [0.1, 0.15) is 0 Å². The lowest BCUT2D eigenvalue weighted by Crippen LogP contribution is -2.47. The molecule has 0 spiro atoms. The number of morpholine rings is 1. The van der Waals surface area contributed by atoms with E-state index in [2.05, 4.69) is 14.9 Å². The van der Waals surface area contributed by atoms with Crippen LogP contribution in [0, 0.1) is 0 Å². The van der Waals surface area contributed by atoms with Crippen LogP contribution >= 0.6 is 35.7 Å². The summed E-state index contributed by atoms with van der Waals surface area (Å²) in [4.78, 5) is 10.8. The second-order valence-corrected chi connectivity index (χ2v) is 5.33. The van der Waals surface area contributed by atoms with E-state index >= 15 is 0 Å². The van der Waals surface area contributed by atoms with E-state index in [-0.39, 0.29) is 30.1 Å². The van der Waals surface area contributed by atoms with E-state index in [4.69, 9.17) is 10.5 Å². The van der Waals surface area contributed by atoms with Gasteiger partial charge in [0.15, 0.2) is 5.96 Å². The Hall–Kier alpha value is -0.540. The Bertz CT molecular complexity index is 458. The average Bonchev–Trinajstić information content (AvgIpc) is 2.45. The van der Waals surface area contributed by atoms with Crippen molar-refractivity contribution in [3.63, 3.8) is 0 Å². The number of nitrogens with zero attached hydrogens (tertiary/aromatic N) is 3. The molecule has 0 aromatic carbocycles. The summed E-state index contributed by atoms with van der Waals surface area (Å²) in [5.41, 5.74) is 7.16. The molecule has 112 valence electrons. The molecule has 0 bridgehead atoms. The topological polar surface area (TPSA) is 63.7 Å². The first-order valence-corrected chi connectivity index (χ1v) is 7.57. The number of halogens is 1. The van der Waals surface area contributed by atoms with E-state index in [1.807, 2.05) is 31.5 Å². The molecular formula is C13H21IN4OS. The Morgan fingerprint density at radius 2 is 2.45 bits per heavy atom. The molecule has 2 rings (SSSR count). The fourth-order valence-corrected chi connectivity index (χ4v) is 2.39. The zero-order chi connectivity index (χ0) is 13.7. The number of aliphatic imine (C=N–C) groups is 1. The lowest BCUT2D eigenvalue weighted by atomic mass is 10.3. The number of pyridine rings is 1. The minimum absolute atomic E-state index is 0. The number of ether oxygens (including phenoxy) is 1. The molecule has 0 amide bonds. The van der Waals surface area contributed by atoms with E-state index in [0.717, 1.165) is 23.7 Å². The molecule has 1 atom stereocenters. The molecule has 1 aromatic heterocycles. The first-order valence-electron chi connectivity index (χ1n) is 6.34. The number of hydrogen-bond donors (Lipinski definition) is 1. The van der Waals surface area contributed by atoms with Crippen molar-refractivity contribution in [1.29, 1.82) is 0 Å². The normalized spacial score (nSPS) is 19.6. The number of nitrogens with two attached hydrogens (primary N) is 1. The summed E-state index contributed by atoms with van der Waals surface area (Å²) in [6, 6.07) is 4.02. The van der Waals surface area contributed by atoms with Crippen molar-refractivity contribution in [2.24, 2.45) is 10.7 Å². The van der Waals surface area contributed by atoms with Crippen molar-refractivity contribution in [1.82, 2.24) is 9.88 Å². The molecule has 1 aliphatic heterocycles. The second-order valence-electron chi connectivity index (χ2n) is 4.51. The standard InChI is InChI=1S/C13H20N4OS.HI/c1-10-9-17(5-6-18-10)13(14)16-8-11-3-4-15-12(7-11)19-2;/h3-4,7,10H,5-6,8-9H2,1-2H3,(H2,14,16);1H. The van der Waals surface area contributed by atoms with Gasteiger partial charge >= 0.3 is 0 Å². The second kappa shape index (κ2) is 8.68. The maximum atomic E-state index is 6.03. The maximum Gasteiger partial charge on any atom is 0.191 e. The van der Waals surface area contributed by atoms with Crippen molar-refractivity contribution < 1.29 is 4.74 Å². The van der Waals surface area contributed by atoms with Gasteiger partial charge in [0.2, 0.25) is 0 Å². The molecule has 2 N–H and O–H groups in total. The monoisotopic (exact) mass is 408 g/mol. The lowest BCUT2D eigenvalue weighted by molar-refractivity contribution is 0.00529. The summed E-state index contributed by atoms with van der Waals surface area (Å²) in [5.74, 6) is 0.595. The smallest absolute Gasteiger partial charge is 0.191 e. The first-order chi connectivity index (χ1) is 9.19. The summed E-state index contributed by atoms with van der Waals surface area (Å²) < 4.78 is 5.49. The van der Waals surface area contributed by atoms with Crippen LogP contribution in [0.1, 0.15) is 12.5 Å². The fraction of sp³-hybridized carbons (Fsp3) is 0.538. The zero-order valence-electron chi connectivity index (χ0n) is 11.8. The third-order valence-electron chi connectivity index (χ3n) is 3.00. The summed E-state index contributed by atoms with van der Waals surface area (Å²) >= 11 is 1.63. The SMILES string of the molecule is CSc1cc(CN=C(N)N2CCOC(C)C2)ccn1.I. The molecular weight excluding hydrogens is 387 g/mol. The van der Waals surface area contributed by atoms with Gasteiger partial charge in [-0.05, 0) is 30.9 Å². The molecule has 20 heavy (non-hydrogen) atoms. The van der Waals surface area contributed by atoms with Gasteiger partial charge in [0, 0.05) is 19.3 Å². The Morgan fingerprint density at radius 1 is 1.65 bits per heavy atom. The van der Waals surface area contributed by atoms with Crippen molar-refractivity contribution in [3.05, 3.63) is 23.9 Å². The Kier molecular flexibility index (Phi) is 7.60. The quantitative estimate of drug-likeness (QED) is 0.359. The number of hydrogen-bond acceptors (Lipinski definition) is 4. The molecule has 1 aliphatic rings. The Morgan fingerprint density at radius 3 is 3.15 bits per heavy atom. The van der Waals surface area contributed by atoms with Crippen LogP contribution in [0.3, 0.4) is 0 Å². The molecule has 0 aliphatic carbocycles. The molecule has 7 heteroatoms. The van der Waals surface area contributed by atoms with Crippen molar-refractivity contribution in [3.8, 4) is 0 Å². The van der Waals surface area contributed by atoms with Crippen molar-refractivity contribution in [2.75, 3.05) is 26.0 Å². The van der Waals surface area contributed by atoms with Gasteiger partial charge < -0.3 is 15.4 Å². The Balaban J connectivity index is 0.00000200. The highest BCUT2D eigenvalue weighted by Crippen LogP contribution is 2.13. The van der Waals surface area contributed by atoms with Gasteiger partial charge in [0.25, 0.3) is 0 Å². The van der Waals surface area contributed by atoms with E-state index in [1.54, 1.807) is 11.8 Å². The van der Waals surface area contributed by atoms with Gasteiger partial charge in [-0.1, -0.05) is 0 Å². The van der Waals surface area contributed by atoms with Crippen LogP contribution in [-0.2, 0) is 11.3 Å². The van der Waals surface area contributed by atoms with Crippen LogP contribution in [0.5, 0.6) is 0 Å². The maximum absolute atomic E-state index is 6.03. The highest BCUT2D eigenvalue weighted by Gasteiger charge is 2.17. The first kappa shape index (κ1) is 17.5. The van der Waals surface area contributed by atoms with Gasteiger partial charge in [-0.2, -0.15) is 0 Å². The number of guanidine groups is 1. The number of rotatable bonds is 3. The van der Waals surface area contributed by atoms with Crippen LogP contribution in [0.15, 0.2) is 28.3 Å². The van der Waals surface area contributed by atoms with Crippen molar-refractivity contribution in [2.45, 2.75) is 24.6 Å². The average molecular weight is 408 g/mol. The van der Waals surface area contributed by atoms with Gasteiger partial charge in [-0.3, -0.25) is 0 Å². The molecule has 1 saturated heterocycles. The molecule has 1 fully saturated rings. The summed E-state index contributed by atoms with van der Waals surface area (Å²) in [5, 5.41) is 1.01. The minimum atomic E-state index is 0. The highest BCUT2D eigenvalue weighted by atomic mass is 127. The minimum Gasteiger partial charge on any atom is -0.375 e. The predicted molar refractivity (Wildman–Crippen MR) is 93.7 cm³/mol. The van der Waals surface area contributed by atoms with Gasteiger partial charge in [-0.25, -0.2) is 9.98 Å². The molecule has 1 unspecified atom stereocenters. The van der Waals surface area contributed by atoms with E-state index in [9.17, 15) is 0 Å². The molecule has 1 aromatic rings. The number of thioether (sulfide) groups is 1. The van der Waals surface area contributed by atoms with Crippen molar-refractivity contribution >= 4 is 41.7 Å². The summed E-state index contributed by atoms with van der Waals surface area (Å²) in [6.45, 7) is 4.97. The fourth-order valence-electron chi connectivity index (χ4n) is 1.96. The van der Waals surface area contributed by atoms with Crippen LogP contribution in [-0.4, -0.2) is 47.9 Å². The number of aromatic nitrogens is 1. The molecule has 0 saturated carbocycles. The lowest BCUT2D eigenvalue weighted by Gasteiger charge is -2.31. The predicted octanol–water partition coefficient (Wildman–Crippen LogP) is 1.96. The van der Waals surface area contributed by atoms with Crippen LogP contribution < -0.4 is 5.73 Å². The zero-order valence-corrected chi connectivity index (χ0v) is 14.9. The largest absolute Gasteiger partial charge is 0.375 e. The molecule has 0 radical (unpaired) electrons. The van der Waals surface area contributed by atoms with E-state index in [0.29, 0.717) is 19.1 Å². The Labute approximate surface area is 141 Å². The van der Waals surface area contributed by atoms with E-state index in [1.165, 1.54) is 0 Å².